The molecule has 25 heavy (non-hydrogen) atoms. The zero-order valence-corrected chi connectivity index (χ0v) is 13.1. The second-order valence-electron chi connectivity index (χ2n) is 5.31. The Bertz CT molecular complexity index is 946. The molecule has 0 radical (unpaired) electrons. The average Bonchev–Trinajstić information content (AvgIpc) is 3.08. The van der Waals surface area contributed by atoms with Crippen molar-refractivity contribution in [1.82, 2.24) is 15.0 Å². The Hall–Kier alpha value is -3.53. The van der Waals surface area contributed by atoms with Crippen molar-refractivity contribution in [2.75, 3.05) is 0 Å². The molecule has 0 saturated heterocycles. The fourth-order valence-electron chi connectivity index (χ4n) is 2.30. The van der Waals surface area contributed by atoms with Crippen molar-refractivity contribution in [2.24, 2.45) is 0 Å². The van der Waals surface area contributed by atoms with Gasteiger partial charge in [-0.3, -0.25) is 4.79 Å². The predicted molar refractivity (Wildman–Crippen MR) is 86.4 cm³/mol. The van der Waals surface area contributed by atoms with Crippen LogP contribution in [0.4, 0.5) is 4.39 Å². The molecular weight excluding hydrogens is 323 g/mol. The van der Waals surface area contributed by atoms with Crippen LogP contribution in [0.3, 0.4) is 0 Å². The highest BCUT2D eigenvalue weighted by Gasteiger charge is 2.07. The largest absolute Gasteiger partial charge is 0.486 e. The number of ether oxygens (including phenoxy) is 1. The van der Waals surface area contributed by atoms with Crippen LogP contribution in [0.5, 0.6) is 5.75 Å². The zero-order chi connectivity index (χ0) is 17.6. The first-order chi connectivity index (χ1) is 12.2. The van der Waals surface area contributed by atoms with Gasteiger partial charge < -0.3 is 4.74 Å². The SMILES string of the molecule is N#Cc1cccc(Cn2cc(COc3ccc(F)cc3C=O)nn2)c1. The summed E-state index contributed by atoms with van der Waals surface area (Å²) in [7, 11) is 0. The Morgan fingerprint density at radius 1 is 1.28 bits per heavy atom. The fourth-order valence-corrected chi connectivity index (χ4v) is 2.30. The lowest BCUT2D eigenvalue weighted by Gasteiger charge is -2.06. The van der Waals surface area contributed by atoms with Gasteiger partial charge in [-0.1, -0.05) is 17.3 Å². The molecule has 3 aromatic rings. The lowest BCUT2D eigenvalue weighted by atomic mass is 10.1. The quantitative estimate of drug-likeness (QED) is 0.647. The molecule has 1 aromatic heterocycles. The molecule has 0 aliphatic rings. The minimum absolute atomic E-state index is 0.102. The molecule has 0 aliphatic carbocycles. The number of nitriles is 1. The highest BCUT2D eigenvalue weighted by atomic mass is 19.1. The van der Waals surface area contributed by atoms with E-state index in [4.69, 9.17) is 10.00 Å². The third kappa shape index (κ3) is 4.06. The van der Waals surface area contributed by atoms with Crippen LogP contribution < -0.4 is 4.74 Å². The highest BCUT2D eigenvalue weighted by Crippen LogP contribution is 2.19. The van der Waals surface area contributed by atoms with Crippen LogP contribution in [-0.2, 0) is 13.2 Å². The molecule has 1 heterocycles. The van der Waals surface area contributed by atoms with Gasteiger partial charge in [-0.25, -0.2) is 9.07 Å². The van der Waals surface area contributed by atoms with Crippen LogP contribution in [0.2, 0.25) is 0 Å². The van der Waals surface area contributed by atoms with E-state index in [0.717, 1.165) is 11.6 Å². The van der Waals surface area contributed by atoms with Crippen LogP contribution in [0.15, 0.2) is 48.7 Å². The van der Waals surface area contributed by atoms with Crippen LogP contribution >= 0.6 is 0 Å². The van der Waals surface area contributed by atoms with Crippen molar-refractivity contribution in [1.29, 1.82) is 5.26 Å². The van der Waals surface area contributed by atoms with E-state index in [1.54, 1.807) is 23.0 Å². The molecule has 0 fully saturated rings. The van der Waals surface area contributed by atoms with Gasteiger partial charge >= 0.3 is 0 Å². The molecule has 2 aromatic carbocycles. The predicted octanol–water partition coefficient (Wildman–Crippen LogP) is 2.73. The number of carbonyl (C=O) groups is 1. The van der Waals surface area contributed by atoms with Gasteiger partial charge in [0, 0.05) is 0 Å². The van der Waals surface area contributed by atoms with E-state index >= 15 is 0 Å². The summed E-state index contributed by atoms with van der Waals surface area (Å²) in [6.45, 7) is 0.573. The van der Waals surface area contributed by atoms with E-state index in [2.05, 4.69) is 16.4 Å². The molecule has 0 amide bonds. The summed E-state index contributed by atoms with van der Waals surface area (Å²) in [4.78, 5) is 10.9. The van der Waals surface area contributed by atoms with E-state index in [0.29, 0.717) is 24.1 Å². The number of nitrogens with zero attached hydrogens (tertiary/aromatic N) is 4. The van der Waals surface area contributed by atoms with Crippen molar-refractivity contribution >= 4 is 6.29 Å². The minimum Gasteiger partial charge on any atom is -0.486 e. The van der Waals surface area contributed by atoms with Gasteiger partial charge in [0.25, 0.3) is 0 Å². The molecule has 7 heteroatoms. The molecule has 0 unspecified atom stereocenters. The molecular formula is C18H13FN4O2. The zero-order valence-electron chi connectivity index (χ0n) is 13.1. The maximum absolute atomic E-state index is 13.1. The van der Waals surface area contributed by atoms with E-state index in [-0.39, 0.29) is 17.9 Å². The number of aldehydes is 1. The molecule has 0 spiro atoms. The number of halogens is 1. The second kappa shape index (κ2) is 7.36. The monoisotopic (exact) mass is 336 g/mol. The van der Waals surface area contributed by atoms with Crippen molar-refractivity contribution in [3.63, 3.8) is 0 Å². The van der Waals surface area contributed by atoms with E-state index < -0.39 is 5.82 Å². The third-order valence-electron chi connectivity index (χ3n) is 3.46. The van der Waals surface area contributed by atoms with Crippen LogP contribution in [0.25, 0.3) is 0 Å². The normalized spacial score (nSPS) is 10.2. The lowest BCUT2D eigenvalue weighted by molar-refractivity contribution is 0.111. The molecule has 124 valence electrons. The second-order valence-corrected chi connectivity index (χ2v) is 5.31. The third-order valence-corrected chi connectivity index (χ3v) is 3.46. The maximum Gasteiger partial charge on any atom is 0.153 e. The first kappa shape index (κ1) is 16.3. The van der Waals surface area contributed by atoms with Gasteiger partial charge in [-0.2, -0.15) is 5.26 Å². The molecule has 0 aliphatic heterocycles. The average molecular weight is 336 g/mol. The Kier molecular flexibility index (Phi) is 4.81. The summed E-state index contributed by atoms with van der Waals surface area (Å²) < 4.78 is 20.2. The lowest BCUT2D eigenvalue weighted by Crippen LogP contribution is -2.01. The fraction of sp³-hybridized carbons (Fsp3) is 0.111. The molecule has 0 atom stereocenters. The summed E-state index contributed by atoms with van der Waals surface area (Å²) in [6, 6.07) is 13.1. The van der Waals surface area contributed by atoms with Gasteiger partial charge in [0.2, 0.25) is 0 Å². The number of rotatable bonds is 6. The number of aromatic nitrogens is 3. The standard InChI is InChI=1S/C18H13FN4O2/c19-16-4-5-18(15(7-16)11-24)25-12-17-10-23(22-21-17)9-14-3-1-2-13(6-14)8-20/h1-7,10-11H,9,12H2. The van der Waals surface area contributed by atoms with Crippen molar-refractivity contribution in [3.8, 4) is 11.8 Å². The van der Waals surface area contributed by atoms with Gasteiger partial charge in [0.15, 0.2) is 6.29 Å². The molecule has 0 bridgehead atoms. The number of hydrogen-bond donors (Lipinski definition) is 0. The topological polar surface area (TPSA) is 80.8 Å². The summed E-state index contributed by atoms with van der Waals surface area (Å²) in [5, 5.41) is 16.9. The van der Waals surface area contributed by atoms with Crippen LogP contribution in [0, 0.1) is 17.1 Å². The smallest absolute Gasteiger partial charge is 0.153 e. The molecule has 6 nitrogen and oxygen atoms in total. The first-order valence-corrected chi connectivity index (χ1v) is 7.43. The Morgan fingerprint density at radius 2 is 2.16 bits per heavy atom. The van der Waals surface area contributed by atoms with Gasteiger partial charge in [0.05, 0.1) is 29.9 Å². The Labute approximate surface area is 143 Å². The van der Waals surface area contributed by atoms with E-state index in [1.807, 2.05) is 12.1 Å². The van der Waals surface area contributed by atoms with Crippen LogP contribution in [-0.4, -0.2) is 21.3 Å². The Morgan fingerprint density at radius 3 is 2.96 bits per heavy atom. The van der Waals surface area contributed by atoms with E-state index in [1.165, 1.54) is 12.1 Å². The summed E-state index contributed by atoms with van der Waals surface area (Å²) in [5.74, 6) is -0.215. The molecule has 0 N–H and O–H groups in total. The minimum atomic E-state index is -0.500. The summed E-state index contributed by atoms with van der Waals surface area (Å²) in [5.41, 5.74) is 2.22. The van der Waals surface area contributed by atoms with Crippen LogP contribution in [0.1, 0.15) is 27.2 Å². The van der Waals surface area contributed by atoms with Crippen molar-refractivity contribution < 1.29 is 13.9 Å². The first-order valence-electron chi connectivity index (χ1n) is 7.43. The number of benzene rings is 2. The molecule has 0 saturated carbocycles. The number of hydrogen-bond acceptors (Lipinski definition) is 5. The van der Waals surface area contributed by atoms with Crippen molar-refractivity contribution in [2.45, 2.75) is 13.2 Å². The number of carbonyl (C=O) groups excluding carboxylic acids is 1. The van der Waals surface area contributed by atoms with Crippen molar-refractivity contribution in [3.05, 3.63) is 76.9 Å². The summed E-state index contributed by atoms with van der Waals surface area (Å²) in [6.07, 6.45) is 2.25. The molecule has 3 rings (SSSR count). The highest BCUT2D eigenvalue weighted by molar-refractivity contribution is 5.79. The van der Waals surface area contributed by atoms with Gasteiger partial charge in [-0.15, -0.1) is 5.10 Å². The van der Waals surface area contributed by atoms with Gasteiger partial charge in [0.1, 0.15) is 23.9 Å². The summed E-state index contributed by atoms with van der Waals surface area (Å²) >= 11 is 0. The van der Waals surface area contributed by atoms with E-state index in [9.17, 15) is 9.18 Å². The Balaban J connectivity index is 1.66. The maximum atomic E-state index is 13.1. The van der Waals surface area contributed by atoms with Gasteiger partial charge in [-0.05, 0) is 35.9 Å².